The van der Waals surface area contributed by atoms with Gasteiger partial charge in [-0.1, -0.05) is 36.4 Å². The number of pyridine rings is 2. The molecule has 5 rings (SSSR count). The van der Waals surface area contributed by atoms with Gasteiger partial charge >= 0.3 is 0 Å². The summed E-state index contributed by atoms with van der Waals surface area (Å²) < 4.78 is 2.42. The van der Waals surface area contributed by atoms with Gasteiger partial charge in [-0.05, 0) is 57.6 Å². The maximum absolute atomic E-state index is 13.0. The Labute approximate surface area is 149 Å². The molecule has 0 fully saturated rings. The summed E-state index contributed by atoms with van der Waals surface area (Å²) in [6.45, 7) is 0. The van der Waals surface area contributed by atoms with Crippen LogP contribution < -0.4 is 11.1 Å². The normalized spacial score (nSPS) is 11.9. The van der Waals surface area contributed by atoms with E-state index in [9.17, 15) is 9.59 Å². The molecule has 0 unspecified atom stereocenters. The molecule has 0 bridgehead atoms. The number of fused-ring (bicyclic) bond motifs is 4. The summed E-state index contributed by atoms with van der Waals surface area (Å²) in [4.78, 5) is 26.0. The van der Waals surface area contributed by atoms with E-state index in [-0.39, 0.29) is 11.1 Å². The molecule has 3 aromatic carbocycles. The first-order valence-corrected chi connectivity index (χ1v) is 8.66. The maximum atomic E-state index is 13.0. The van der Waals surface area contributed by atoms with Crippen molar-refractivity contribution in [3.63, 3.8) is 0 Å². The van der Waals surface area contributed by atoms with Crippen molar-refractivity contribution in [2.45, 2.75) is 0 Å². The van der Waals surface area contributed by atoms with E-state index in [4.69, 9.17) is 0 Å². The number of hydrogen-bond donors (Lipinski definition) is 0. The predicted molar refractivity (Wildman–Crippen MR) is 106 cm³/mol. The van der Waals surface area contributed by atoms with Gasteiger partial charge in [0, 0.05) is 25.1 Å². The van der Waals surface area contributed by atoms with Gasteiger partial charge in [-0.15, -0.1) is 0 Å². The highest BCUT2D eigenvalue weighted by atomic mass is 127. The Morgan fingerprint density at radius 2 is 1.04 bits per heavy atom. The molecule has 2 aromatic heterocycles. The van der Waals surface area contributed by atoms with Gasteiger partial charge in [0.15, 0.2) is 0 Å². The molecule has 4 heteroatoms. The molecule has 0 aliphatic heterocycles. The summed E-state index contributed by atoms with van der Waals surface area (Å²) >= 11 is 2.29. The second-order valence-electron chi connectivity index (χ2n) is 5.89. The Morgan fingerprint density at radius 3 is 1.50 bits per heavy atom. The third-order valence-corrected chi connectivity index (χ3v) is 5.22. The van der Waals surface area contributed by atoms with Crippen LogP contribution in [0.4, 0.5) is 0 Å². The number of hydrogen-bond acceptors (Lipinski definition) is 2. The SMILES string of the molecule is O=c1c2ccccc2c2cc(I)cc3c4ccccc4c(=O)n1c23. The van der Waals surface area contributed by atoms with Crippen molar-refractivity contribution in [1.29, 1.82) is 0 Å². The summed E-state index contributed by atoms with van der Waals surface area (Å²) in [5, 5.41) is 4.81. The lowest BCUT2D eigenvalue weighted by atomic mass is 10.00. The average Bonchev–Trinajstić information content (AvgIpc) is 2.61. The van der Waals surface area contributed by atoms with Crippen LogP contribution in [0.25, 0.3) is 37.8 Å². The number of benzene rings is 3. The van der Waals surface area contributed by atoms with E-state index in [1.165, 1.54) is 4.40 Å². The van der Waals surface area contributed by atoms with Crippen molar-refractivity contribution in [2.24, 2.45) is 0 Å². The lowest BCUT2D eigenvalue weighted by Gasteiger charge is -2.13. The standard InChI is InChI=1S/C20H10INO2/c21-11-9-16-12-5-1-3-7-14(12)19(23)22-18(16)17(10-11)13-6-2-4-8-15(13)20(22)24/h1-10H. The second-order valence-corrected chi connectivity index (χ2v) is 7.13. The lowest BCUT2D eigenvalue weighted by molar-refractivity contribution is 1.09. The van der Waals surface area contributed by atoms with Crippen molar-refractivity contribution in [1.82, 2.24) is 4.40 Å². The van der Waals surface area contributed by atoms with Crippen molar-refractivity contribution < 1.29 is 0 Å². The molecule has 3 nitrogen and oxygen atoms in total. The quantitative estimate of drug-likeness (QED) is 0.213. The molecule has 2 heterocycles. The maximum Gasteiger partial charge on any atom is 0.266 e. The van der Waals surface area contributed by atoms with E-state index in [1.54, 1.807) is 12.1 Å². The van der Waals surface area contributed by atoms with Crippen LogP contribution in [-0.2, 0) is 0 Å². The third kappa shape index (κ3) is 1.66. The molecule has 114 valence electrons. The molecule has 0 atom stereocenters. The fourth-order valence-corrected chi connectivity index (χ4v) is 4.22. The van der Waals surface area contributed by atoms with Crippen molar-refractivity contribution in [2.75, 3.05) is 0 Å². The van der Waals surface area contributed by atoms with Crippen LogP contribution in [-0.4, -0.2) is 4.40 Å². The van der Waals surface area contributed by atoms with Gasteiger partial charge in [0.25, 0.3) is 11.1 Å². The lowest BCUT2D eigenvalue weighted by Crippen LogP contribution is -2.27. The Balaban J connectivity index is 2.33. The van der Waals surface area contributed by atoms with Gasteiger partial charge in [0.05, 0.1) is 5.52 Å². The molecule has 0 N–H and O–H groups in total. The smallest absolute Gasteiger partial charge is 0.266 e. The second kappa shape index (κ2) is 4.77. The van der Waals surface area contributed by atoms with E-state index in [1.807, 2.05) is 48.5 Å². The summed E-state index contributed by atoms with van der Waals surface area (Å²) in [6.07, 6.45) is 0. The molecular formula is C20H10INO2. The zero-order valence-corrected chi connectivity index (χ0v) is 14.6. The topological polar surface area (TPSA) is 38.5 Å². The van der Waals surface area contributed by atoms with Crippen LogP contribution >= 0.6 is 22.6 Å². The zero-order valence-electron chi connectivity index (χ0n) is 12.4. The van der Waals surface area contributed by atoms with Gasteiger partial charge in [-0.25, -0.2) is 4.40 Å². The first-order chi connectivity index (χ1) is 11.7. The first kappa shape index (κ1) is 13.9. The molecule has 0 saturated carbocycles. The Bertz CT molecular complexity index is 1300. The van der Waals surface area contributed by atoms with Crippen LogP contribution in [0.2, 0.25) is 0 Å². The van der Waals surface area contributed by atoms with Crippen LogP contribution in [0, 0.1) is 3.57 Å². The van der Waals surface area contributed by atoms with Gasteiger partial charge in [-0.2, -0.15) is 0 Å². The number of rotatable bonds is 0. The molecular weight excluding hydrogens is 413 g/mol. The minimum Gasteiger partial charge on any atom is -0.268 e. The van der Waals surface area contributed by atoms with Crippen molar-refractivity contribution >= 4 is 60.4 Å². The van der Waals surface area contributed by atoms with E-state index < -0.39 is 0 Å². The number of aromatic nitrogens is 1. The predicted octanol–water partition coefficient (Wildman–Crippen LogP) is 4.16. The largest absolute Gasteiger partial charge is 0.268 e. The summed E-state index contributed by atoms with van der Waals surface area (Å²) in [6, 6.07) is 19.1. The van der Waals surface area contributed by atoms with E-state index in [2.05, 4.69) is 22.6 Å². The number of nitrogens with zero attached hydrogens (tertiary/aromatic N) is 1. The zero-order chi connectivity index (χ0) is 16.4. The van der Waals surface area contributed by atoms with Crippen LogP contribution in [0.5, 0.6) is 0 Å². The van der Waals surface area contributed by atoms with Gasteiger partial charge in [-0.3, -0.25) is 9.59 Å². The highest BCUT2D eigenvalue weighted by molar-refractivity contribution is 14.1. The summed E-state index contributed by atoms with van der Waals surface area (Å²) in [5.41, 5.74) is 0.211. The third-order valence-electron chi connectivity index (χ3n) is 4.60. The monoisotopic (exact) mass is 423 g/mol. The molecule has 24 heavy (non-hydrogen) atoms. The molecule has 0 aliphatic carbocycles. The molecule has 0 radical (unpaired) electrons. The van der Waals surface area contributed by atoms with E-state index in [0.717, 1.165) is 25.1 Å². The Hall–Kier alpha value is -2.47. The highest BCUT2D eigenvalue weighted by Crippen LogP contribution is 2.31. The molecule has 0 amide bonds. The number of halogens is 1. The Morgan fingerprint density at radius 1 is 0.625 bits per heavy atom. The fraction of sp³-hybridized carbons (Fsp3) is 0. The first-order valence-electron chi connectivity index (χ1n) is 7.58. The van der Waals surface area contributed by atoms with E-state index >= 15 is 0 Å². The molecule has 0 saturated heterocycles. The Kier molecular flexibility index (Phi) is 2.77. The summed E-state index contributed by atoms with van der Waals surface area (Å²) in [7, 11) is 0. The molecule has 0 aliphatic rings. The van der Waals surface area contributed by atoms with E-state index in [0.29, 0.717) is 16.3 Å². The van der Waals surface area contributed by atoms with Gasteiger partial charge < -0.3 is 0 Å². The van der Waals surface area contributed by atoms with Crippen molar-refractivity contribution in [3.8, 4) is 0 Å². The van der Waals surface area contributed by atoms with Gasteiger partial charge in [0.2, 0.25) is 0 Å². The van der Waals surface area contributed by atoms with Crippen LogP contribution in [0.3, 0.4) is 0 Å². The molecule has 5 aromatic rings. The fourth-order valence-electron chi connectivity index (χ4n) is 3.60. The molecule has 0 spiro atoms. The van der Waals surface area contributed by atoms with Crippen LogP contribution in [0.1, 0.15) is 0 Å². The van der Waals surface area contributed by atoms with Crippen molar-refractivity contribution in [3.05, 3.63) is 84.9 Å². The highest BCUT2D eigenvalue weighted by Gasteiger charge is 2.16. The summed E-state index contributed by atoms with van der Waals surface area (Å²) in [5.74, 6) is 0. The minimum absolute atomic E-state index is 0.250. The average molecular weight is 423 g/mol. The minimum atomic E-state index is -0.250. The van der Waals surface area contributed by atoms with Gasteiger partial charge in [0.1, 0.15) is 0 Å². The van der Waals surface area contributed by atoms with Crippen LogP contribution in [0.15, 0.2) is 70.3 Å².